The molecule has 1 aromatic carbocycles. The Hall–Kier alpha value is -2.71. The van der Waals surface area contributed by atoms with Gasteiger partial charge in [0.25, 0.3) is 11.4 Å². The first-order valence-corrected chi connectivity index (χ1v) is 8.66. The van der Waals surface area contributed by atoms with E-state index in [1.807, 2.05) is 10.5 Å². The van der Waals surface area contributed by atoms with Crippen LogP contribution >= 0.6 is 11.6 Å². The van der Waals surface area contributed by atoms with Gasteiger partial charge in [-0.1, -0.05) is 22.8 Å². The lowest BCUT2D eigenvalue weighted by Gasteiger charge is -2.09. The molecule has 4 heterocycles. The van der Waals surface area contributed by atoms with Gasteiger partial charge < -0.3 is 14.5 Å². The lowest BCUT2D eigenvalue weighted by molar-refractivity contribution is -0.583. The predicted molar refractivity (Wildman–Crippen MR) is 92.6 cm³/mol. The SMILES string of the molecule is Cc1c2c(-c3nc(C4CCCO4)no3)ncn2c2cccc(Cl)c2[n+]1[O-]. The van der Waals surface area contributed by atoms with E-state index in [0.717, 1.165) is 17.6 Å². The van der Waals surface area contributed by atoms with E-state index in [1.54, 1.807) is 25.4 Å². The van der Waals surface area contributed by atoms with E-state index in [-0.39, 0.29) is 12.0 Å². The Bertz CT molecular complexity index is 1150. The number of hydrogen-bond acceptors (Lipinski definition) is 6. The van der Waals surface area contributed by atoms with Crippen LogP contribution in [-0.4, -0.2) is 26.1 Å². The molecule has 1 fully saturated rings. The molecule has 3 aromatic heterocycles. The van der Waals surface area contributed by atoms with Gasteiger partial charge in [0.1, 0.15) is 28.5 Å². The van der Waals surface area contributed by atoms with Crippen molar-refractivity contribution in [2.24, 2.45) is 0 Å². The molecule has 0 spiro atoms. The third kappa shape index (κ3) is 2.12. The highest BCUT2D eigenvalue weighted by Gasteiger charge is 2.27. The van der Waals surface area contributed by atoms with E-state index in [9.17, 15) is 5.21 Å². The molecule has 1 saturated heterocycles. The second-order valence-corrected chi connectivity index (χ2v) is 6.67. The van der Waals surface area contributed by atoms with Crippen LogP contribution in [0.3, 0.4) is 0 Å². The van der Waals surface area contributed by atoms with E-state index in [4.69, 9.17) is 20.9 Å². The number of benzene rings is 1. The highest BCUT2D eigenvalue weighted by molar-refractivity contribution is 6.34. The van der Waals surface area contributed by atoms with E-state index in [0.29, 0.717) is 45.4 Å². The third-order valence-electron chi connectivity index (χ3n) is 4.70. The average molecular weight is 372 g/mol. The third-order valence-corrected chi connectivity index (χ3v) is 5.01. The molecule has 1 unspecified atom stereocenters. The summed E-state index contributed by atoms with van der Waals surface area (Å²) in [5.74, 6) is 0.776. The smallest absolute Gasteiger partial charge is 0.279 e. The van der Waals surface area contributed by atoms with Crippen LogP contribution in [0.2, 0.25) is 5.02 Å². The fourth-order valence-electron chi connectivity index (χ4n) is 3.44. The summed E-state index contributed by atoms with van der Waals surface area (Å²) in [4.78, 5) is 8.86. The van der Waals surface area contributed by atoms with E-state index < -0.39 is 0 Å². The fourth-order valence-corrected chi connectivity index (χ4v) is 3.69. The van der Waals surface area contributed by atoms with Crippen molar-refractivity contribution in [3.8, 4) is 11.6 Å². The van der Waals surface area contributed by atoms with Gasteiger partial charge in [-0.3, -0.25) is 4.40 Å². The molecule has 8 nitrogen and oxygen atoms in total. The Morgan fingerprint density at radius 1 is 1.38 bits per heavy atom. The van der Waals surface area contributed by atoms with Gasteiger partial charge in [-0.2, -0.15) is 9.71 Å². The quantitative estimate of drug-likeness (QED) is 0.397. The summed E-state index contributed by atoms with van der Waals surface area (Å²) in [7, 11) is 0. The topological polar surface area (TPSA) is 92.4 Å². The standard InChI is InChI=1S/C17H14ClN5O3/c1-9-14-13(17-20-16(21-26-17)12-6-3-7-25-12)19-8-22(14)11-5-2-4-10(18)15(11)23(9)24/h2,4-5,8,12H,3,6-7H2,1H3. The van der Waals surface area contributed by atoms with Crippen molar-refractivity contribution in [1.82, 2.24) is 19.5 Å². The summed E-state index contributed by atoms with van der Waals surface area (Å²) >= 11 is 6.23. The van der Waals surface area contributed by atoms with Crippen LogP contribution in [0, 0.1) is 12.1 Å². The summed E-state index contributed by atoms with van der Waals surface area (Å²) in [6, 6.07) is 5.30. The highest BCUT2D eigenvalue weighted by Crippen LogP contribution is 2.31. The summed E-state index contributed by atoms with van der Waals surface area (Å²) in [5.41, 5.74) is 2.58. The molecule has 0 radical (unpaired) electrons. The van der Waals surface area contributed by atoms with Crippen molar-refractivity contribution in [1.29, 1.82) is 0 Å². The number of hydrogen-bond donors (Lipinski definition) is 0. The summed E-state index contributed by atoms with van der Waals surface area (Å²) < 4.78 is 13.6. The van der Waals surface area contributed by atoms with Gasteiger partial charge in [0.2, 0.25) is 11.5 Å². The maximum absolute atomic E-state index is 12.8. The number of halogens is 1. The van der Waals surface area contributed by atoms with Crippen LogP contribution in [0.15, 0.2) is 29.0 Å². The minimum absolute atomic E-state index is 0.147. The van der Waals surface area contributed by atoms with Crippen molar-refractivity contribution in [3.05, 3.63) is 46.3 Å². The molecule has 26 heavy (non-hydrogen) atoms. The molecule has 0 amide bonds. The first-order valence-electron chi connectivity index (χ1n) is 8.28. The van der Waals surface area contributed by atoms with Crippen molar-refractivity contribution in [2.45, 2.75) is 25.9 Å². The molecule has 9 heteroatoms. The Morgan fingerprint density at radius 2 is 2.27 bits per heavy atom. The Labute approximate surface area is 152 Å². The van der Waals surface area contributed by atoms with Crippen LogP contribution in [0.4, 0.5) is 0 Å². The van der Waals surface area contributed by atoms with Crippen molar-refractivity contribution in [2.75, 3.05) is 6.61 Å². The van der Waals surface area contributed by atoms with Crippen molar-refractivity contribution in [3.63, 3.8) is 0 Å². The number of nitrogens with zero attached hydrogens (tertiary/aromatic N) is 5. The molecule has 1 aliphatic rings. The van der Waals surface area contributed by atoms with Gasteiger partial charge in [-0.05, 0) is 25.0 Å². The molecule has 0 N–H and O–H groups in total. The molecule has 1 atom stereocenters. The van der Waals surface area contributed by atoms with Crippen LogP contribution in [-0.2, 0) is 4.74 Å². The molecule has 0 saturated carbocycles. The number of ether oxygens (including phenoxy) is 1. The average Bonchev–Trinajstić information content (AvgIpc) is 3.38. The van der Waals surface area contributed by atoms with Crippen LogP contribution < -0.4 is 4.73 Å². The van der Waals surface area contributed by atoms with Gasteiger partial charge in [0, 0.05) is 13.5 Å². The zero-order valence-electron chi connectivity index (χ0n) is 13.8. The van der Waals surface area contributed by atoms with Crippen LogP contribution in [0.1, 0.15) is 30.5 Å². The number of aryl methyl sites for hydroxylation is 1. The molecule has 4 aromatic rings. The van der Waals surface area contributed by atoms with Gasteiger partial charge in [-0.25, -0.2) is 4.98 Å². The summed E-state index contributed by atoms with van der Waals surface area (Å²) in [6.07, 6.45) is 3.33. The molecule has 1 aliphatic heterocycles. The van der Waals surface area contributed by atoms with Crippen molar-refractivity contribution < 1.29 is 14.0 Å². The summed E-state index contributed by atoms with van der Waals surface area (Å²) in [5, 5.41) is 17.2. The second-order valence-electron chi connectivity index (χ2n) is 6.26. The predicted octanol–water partition coefficient (Wildman–Crippen LogP) is 2.98. The zero-order chi connectivity index (χ0) is 17.8. The normalized spacial score (nSPS) is 17.5. The van der Waals surface area contributed by atoms with Crippen LogP contribution in [0.5, 0.6) is 0 Å². The minimum Gasteiger partial charge on any atom is -0.618 e. The summed E-state index contributed by atoms with van der Waals surface area (Å²) in [6.45, 7) is 2.41. The molecule has 5 rings (SSSR count). The van der Waals surface area contributed by atoms with E-state index in [2.05, 4.69) is 15.1 Å². The highest BCUT2D eigenvalue weighted by atomic mass is 35.5. The monoisotopic (exact) mass is 371 g/mol. The van der Waals surface area contributed by atoms with E-state index in [1.165, 1.54) is 0 Å². The number of rotatable bonds is 2. The molecular weight excluding hydrogens is 358 g/mol. The maximum atomic E-state index is 12.8. The van der Waals surface area contributed by atoms with E-state index >= 15 is 0 Å². The lowest BCUT2D eigenvalue weighted by Crippen LogP contribution is -2.32. The van der Waals surface area contributed by atoms with Gasteiger partial charge in [0.15, 0.2) is 5.69 Å². The molecule has 0 aliphatic carbocycles. The Morgan fingerprint density at radius 3 is 3.08 bits per heavy atom. The number of aromatic nitrogens is 5. The zero-order valence-corrected chi connectivity index (χ0v) is 14.6. The molecular formula is C17H14ClN5O3. The number of imidazole rings is 1. The number of para-hydroxylation sites is 1. The Kier molecular flexibility index (Phi) is 3.38. The first kappa shape index (κ1) is 15.5. The molecule has 0 bridgehead atoms. The van der Waals surface area contributed by atoms with Crippen molar-refractivity contribution >= 4 is 28.2 Å². The second kappa shape index (κ2) is 5.65. The van der Waals surface area contributed by atoms with Gasteiger partial charge >= 0.3 is 0 Å². The molecule has 132 valence electrons. The maximum Gasteiger partial charge on any atom is 0.279 e. The minimum atomic E-state index is -0.147. The van der Waals surface area contributed by atoms with Gasteiger partial charge in [-0.15, -0.1) is 0 Å². The largest absolute Gasteiger partial charge is 0.618 e. The first-order chi connectivity index (χ1) is 12.6. The van der Waals surface area contributed by atoms with Gasteiger partial charge in [0.05, 0.1) is 0 Å². The number of fused-ring (bicyclic) bond motifs is 3. The Balaban J connectivity index is 1.74. The van der Waals surface area contributed by atoms with Crippen LogP contribution in [0.25, 0.3) is 28.1 Å². The fraction of sp³-hybridized carbons (Fsp3) is 0.294. The lowest BCUT2D eigenvalue weighted by atomic mass is 10.2.